The van der Waals surface area contributed by atoms with Crippen LogP contribution in [0.3, 0.4) is 0 Å². The molecule has 2 aromatic heterocycles. The van der Waals surface area contributed by atoms with E-state index in [0.29, 0.717) is 24.8 Å². The van der Waals surface area contributed by atoms with Gasteiger partial charge in [-0.3, -0.25) is 4.79 Å². The average molecular weight is 331 g/mol. The lowest BCUT2D eigenvalue weighted by Crippen LogP contribution is -2.40. The van der Waals surface area contributed by atoms with E-state index in [1.54, 1.807) is 4.90 Å². The van der Waals surface area contributed by atoms with Crippen molar-refractivity contribution in [2.24, 2.45) is 5.92 Å². The summed E-state index contributed by atoms with van der Waals surface area (Å²) in [6, 6.07) is 1.84. The van der Waals surface area contributed by atoms with E-state index < -0.39 is 5.97 Å². The van der Waals surface area contributed by atoms with Crippen molar-refractivity contribution in [3.63, 3.8) is 0 Å². The van der Waals surface area contributed by atoms with Crippen LogP contribution < -0.4 is 0 Å². The number of amides is 1. The highest BCUT2D eigenvalue weighted by atomic mass is 16.5. The number of likely N-dealkylation sites (tertiary alicyclic amines) is 1. The topological polar surface area (TPSA) is 89.7 Å². The molecule has 0 aliphatic carbocycles. The Morgan fingerprint density at radius 2 is 1.96 bits per heavy atom. The van der Waals surface area contributed by atoms with Crippen LogP contribution in [0.2, 0.25) is 0 Å². The Morgan fingerprint density at radius 3 is 2.67 bits per heavy atom. The zero-order valence-corrected chi connectivity index (χ0v) is 14.2. The molecule has 8 nitrogen and oxygen atoms in total. The predicted octanol–water partition coefficient (Wildman–Crippen LogP) is 1.16. The molecule has 0 atom stereocenters. The summed E-state index contributed by atoms with van der Waals surface area (Å²) in [6.45, 7) is 7.02. The number of fused-ring (bicyclic) bond motifs is 1. The normalized spacial score (nSPS) is 15.7. The predicted molar refractivity (Wildman–Crippen MR) is 85.5 cm³/mol. The molecule has 0 unspecified atom stereocenters. The first-order chi connectivity index (χ1) is 11.4. The van der Waals surface area contributed by atoms with Crippen LogP contribution in [0.25, 0.3) is 5.78 Å². The molecular formula is C16H21N5O3. The van der Waals surface area contributed by atoms with Gasteiger partial charge in [-0.05, 0) is 38.7 Å². The van der Waals surface area contributed by atoms with E-state index in [-0.39, 0.29) is 18.3 Å². The number of carbonyl (C=O) groups is 2. The molecule has 0 spiro atoms. The molecule has 1 aliphatic heterocycles. The van der Waals surface area contributed by atoms with Gasteiger partial charge in [0, 0.05) is 24.5 Å². The van der Waals surface area contributed by atoms with Gasteiger partial charge in [0.25, 0.3) is 17.5 Å². The summed E-state index contributed by atoms with van der Waals surface area (Å²) in [4.78, 5) is 34.2. The van der Waals surface area contributed by atoms with Gasteiger partial charge >= 0.3 is 5.97 Å². The first kappa shape index (κ1) is 16.4. The fourth-order valence-corrected chi connectivity index (χ4v) is 2.79. The third-order valence-electron chi connectivity index (χ3n) is 4.26. The number of nitrogens with zero attached hydrogens (tertiary/aromatic N) is 5. The SMILES string of the molecule is Cc1cc(C)n2nc(C(=O)OCC(=O)N3CCC(C)CC3)nc2n1. The van der Waals surface area contributed by atoms with Gasteiger partial charge in [-0.25, -0.2) is 14.3 Å². The standard InChI is InChI=1S/C16H21N5O3/c1-10-4-6-20(7-5-10)13(22)9-24-15(23)14-18-16-17-11(2)8-12(3)21(16)19-14/h8,10H,4-7,9H2,1-3H3. The van der Waals surface area contributed by atoms with E-state index in [4.69, 9.17) is 4.74 Å². The van der Waals surface area contributed by atoms with Gasteiger partial charge in [-0.1, -0.05) is 6.92 Å². The van der Waals surface area contributed by atoms with Gasteiger partial charge in [0.2, 0.25) is 0 Å². The molecule has 3 rings (SSSR count). The van der Waals surface area contributed by atoms with Crippen LogP contribution in [0.5, 0.6) is 0 Å². The Bertz CT molecular complexity index is 777. The van der Waals surface area contributed by atoms with E-state index in [1.165, 1.54) is 4.52 Å². The van der Waals surface area contributed by atoms with Crippen LogP contribution in [-0.2, 0) is 9.53 Å². The second kappa shape index (κ2) is 6.54. The minimum absolute atomic E-state index is 0.0868. The Kier molecular flexibility index (Phi) is 4.46. The quantitative estimate of drug-likeness (QED) is 0.784. The summed E-state index contributed by atoms with van der Waals surface area (Å²) in [6.07, 6.45) is 1.97. The fraction of sp³-hybridized carbons (Fsp3) is 0.562. The Morgan fingerprint density at radius 1 is 1.25 bits per heavy atom. The van der Waals surface area contributed by atoms with Gasteiger partial charge in [-0.2, -0.15) is 4.98 Å². The summed E-state index contributed by atoms with van der Waals surface area (Å²) in [5.74, 6) is 0.00507. The van der Waals surface area contributed by atoms with Crippen molar-refractivity contribution in [1.29, 1.82) is 0 Å². The zero-order chi connectivity index (χ0) is 17.3. The number of carbonyl (C=O) groups excluding carboxylic acids is 2. The Balaban J connectivity index is 1.63. The van der Waals surface area contributed by atoms with E-state index >= 15 is 0 Å². The molecule has 3 heterocycles. The molecular weight excluding hydrogens is 310 g/mol. The van der Waals surface area contributed by atoms with Gasteiger partial charge in [0.05, 0.1) is 0 Å². The first-order valence-corrected chi connectivity index (χ1v) is 8.10. The number of hydrogen-bond acceptors (Lipinski definition) is 6. The minimum atomic E-state index is -0.712. The molecule has 0 aromatic carbocycles. The van der Waals surface area contributed by atoms with Crippen LogP contribution >= 0.6 is 0 Å². The van der Waals surface area contributed by atoms with Crippen molar-refractivity contribution in [1.82, 2.24) is 24.5 Å². The highest BCUT2D eigenvalue weighted by Gasteiger charge is 2.23. The van der Waals surface area contributed by atoms with E-state index in [1.807, 2.05) is 19.9 Å². The monoisotopic (exact) mass is 331 g/mol. The molecule has 1 amide bonds. The molecule has 0 saturated carbocycles. The number of hydrogen-bond donors (Lipinski definition) is 0. The summed E-state index contributed by atoms with van der Waals surface area (Å²) < 4.78 is 6.56. The van der Waals surface area contributed by atoms with Crippen molar-refractivity contribution in [3.05, 3.63) is 23.3 Å². The van der Waals surface area contributed by atoms with Crippen molar-refractivity contribution < 1.29 is 14.3 Å². The number of piperidine rings is 1. The summed E-state index contributed by atoms with van der Waals surface area (Å²) in [5.41, 5.74) is 1.62. The van der Waals surface area contributed by atoms with Crippen molar-refractivity contribution in [2.45, 2.75) is 33.6 Å². The molecule has 0 bridgehead atoms. The maximum Gasteiger partial charge on any atom is 0.378 e. The maximum atomic E-state index is 12.1. The average Bonchev–Trinajstić information content (AvgIpc) is 2.97. The van der Waals surface area contributed by atoms with Crippen LogP contribution in [0.1, 0.15) is 41.8 Å². The molecule has 128 valence electrons. The van der Waals surface area contributed by atoms with E-state index in [2.05, 4.69) is 22.0 Å². The van der Waals surface area contributed by atoms with Crippen molar-refractivity contribution in [2.75, 3.05) is 19.7 Å². The molecule has 1 saturated heterocycles. The van der Waals surface area contributed by atoms with Gasteiger partial charge < -0.3 is 9.64 Å². The Labute approximate surface area is 139 Å². The maximum absolute atomic E-state index is 12.1. The lowest BCUT2D eigenvalue weighted by Gasteiger charge is -2.30. The molecule has 1 aliphatic rings. The van der Waals surface area contributed by atoms with Gasteiger partial charge in [0.1, 0.15) is 0 Å². The van der Waals surface area contributed by atoms with Crippen LogP contribution in [0, 0.1) is 19.8 Å². The second-order valence-electron chi connectivity index (χ2n) is 6.33. The van der Waals surface area contributed by atoms with Crippen LogP contribution in [-0.4, -0.2) is 56.1 Å². The molecule has 2 aromatic rings. The number of aryl methyl sites for hydroxylation is 2. The largest absolute Gasteiger partial charge is 0.450 e. The third kappa shape index (κ3) is 3.37. The lowest BCUT2D eigenvalue weighted by molar-refractivity contribution is -0.135. The number of aromatic nitrogens is 4. The smallest absolute Gasteiger partial charge is 0.378 e. The highest BCUT2D eigenvalue weighted by Crippen LogP contribution is 2.16. The van der Waals surface area contributed by atoms with Crippen LogP contribution in [0.15, 0.2) is 6.07 Å². The molecule has 1 fully saturated rings. The zero-order valence-electron chi connectivity index (χ0n) is 14.2. The van der Waals surface area contributed by atoms with Gasteiger partial charge in [-0.15, -0.1) is 5.10 Å². The van der Waals surface area contributed by atoms with E-state index in [0.717, 1.165) is 24.2 Å². The summed E-state index contributed by atoms with van der Waals surface area (Å²) in [7, 11) is 0. The number of ether oxygens (including phenoxy) is 1. The summed E-state index contributed by atoms with van der Waals surface area (Å²) in [5, 5.41) is 4.10. The minimum Gasteiger partial charge on any atom is -0.450 e. The fourth-order valence-electron chi connectivity index (χ4n) is 2.79. The summed E-state index contributed by atoms with van der Waals surface area (Å²) >= 11 is 0. The second-order valence-corrected chi connectivity index (χ2v) is 6.33. The third-order valence-corrected chi connectivity index (χ3v) is 4.26. The van der Waals surface area contributed by atoms with Crippen molar-refractivity contribution in [3.8, 4) is 0 Å². The molecule has 0 N–H and O–H groups in total. The van der Waals surface area contributed by atoms with Crippen LogP contribution in [0.4, 0.5) is 0 Å². The van der Waals surface area contributed by atoms with E-state index in [9.17, 15) is 9.59 Å². The lowest BCUT2D eigenvalue weighted by atomic mass is 9.99. The van der Waals surface area contributed by atoms with Gasteiger partial charge in [0.15, 0.2) is 6.61 Å². The number of esters is 1. The Hall–Kier alpha value is -2.51. The van der Waals surface area contributed by atoms with Crippen molar-refractivity contribution >= 4 is 17.7 Å². The first-order valence-electron chi connectivity index (χ1n) is 8.10. The number of rotatable bonds is 3. The molecule has 8 heteroatoms. The highest BCUT2D eigenvalue weighted by molar-refractivity contribution is 5.88. The molecule has 24 heavy (non-hydrogen) atoms. The molecule has 0 radical (unpaired) electrons.